The molecule has 1 fully saturated rings. The molecule has 2 aromatic carbocycles. The molecule has 128 valence electrons. The Kier molecular flexibility index (Phi) is 6.61. The monoisotopic (exact) mass is 452 g/mol. The van der Waals surface area contributed by atoms with Crippen LogP contribution < -0.4 is 9.47 Å². The van der Waals surface area contributed by atoms with Gasteiger partial charge in [-0.15, -0.1) is 0 Å². The van der Waals surface area contributed by atoms with Crippen LogP contribution in [0, 0.1) is 11.8 Å². The molecule has 0 spiro atoms. The summed E-state index contributed by atoms with van der Waals surface area (Å²) in [6.45, 7) is 1.51. The van der Waals surface area contributed by atoms with Gasteiger partial charge >= 0.3 is 0 Å². The fourth-order valence-electron chi connectivity index (χ4n) is 3.24. The molecule has 2 unspecified atom stereocenters. The summed E-state index contributed by atoms with van der Waals surface area (Å²) in [7, 11) is 0. The van der Waals surface area contributed by atoms with Gasteiger partial charge in [0.1, 0.15) is 11.5 Å². The molecule has 2 aromatic rings. The molecule has 0 bridgehead atoms. The normalized spacial score (nSPS) is 20.6. The quantitative estimate of drug-likeness (QED) is 0.498. The molecule has 2 nitrogen and oxygen atoms in total. The first kappa shape index (κ1) is 17.8. The van der Waals surface area contributed by atoms with Crippen LogP contribution in [0.15, 0.2) is 57.5 Å². The Morgan fingerprint density at radius 1 is 0.708 bits per heavy atom. The Hall–Kier alpha value is -1.000. The van der Waals surface area contributed by atoms with Crippen LogP contribution in [0.2, 0.25) is 0 Å². The van der Waals surface area contributed by atoms with E-state index >= 15 is 0 Å². The van der Waals surface area contributed by atoms with Crippen LogP contribution in [0.4, 0.5) is 0 Å². The Balaban J connectivity index is 1.57. The van der Waals surface area contributed by atoms with E-state index in [0.29, 0.717) is 11.8 Å². The maximum absolute atomic E-state index is 6.07. The van der Waals surface area contributed by atoms with E-state index in [2.05, 4.69) is 31.9 Å². The number of ether oxygens (including phenoxy) is 2. The molecule has 2 atom stereocenters. The van der Waals surface area contributed by atoms with E-state index in [9.17, 15) is 0 Å². The van der Waals surface area contributed by atoms with Crippen LogP contribution in [0.3, 0.4) is 0 Å². The van der Waals surface area contributed by atoms with Crippen molar-refractivity contribution in [2.45, 2.75) is 25.7 Å². The van der Waals surface area contributed by atoms with Gasteiger partial charge in [0.05, 0.1) is 22.2 Å². The fraction of sp³-hybridized carbons (Fsp3) is 0.400. The van der Waals surface area contributed by atoms with Gasteiger partial charge in [0.25, 0.3) is 0 Å². The molecule has 24 heavy (non-hydrogen) atoms. The van der Waals surface area contributed by atoms with Gasteiger partial charge in [-0.25, -0.2) is 0 Å². The summed E-state index contributed by atoms with van der Waals surface area (Å²) in [5.41, 5.74) is 0. The van der Waals surface area contributed by atoms with Crippen molar-refractivity contribution in [3.63, 3.8) is 0 Å². The zero-order chi connectivity index (χ0) is 16.8. The highest BCUT2D eigenvalue weighted by Gasteiger charge is 2.26. The fourth-order valence-corrected chi connectivity index (χ4v) is 4.04. The second kappa shape index (κ2) is 8.91. The topological polar surface area (TPSA) is 18.5 Å². The van der Waals surface area contributed by atoms with Crippen LogP contribution in [-0.4, -0.2) is 13.2 Å². The molecule has 0 radical (unpaired) electrons. The van der Waals surface area contributed by atoms with Gasteiger partial charge in [-0.3, -0.25) is 0 Å². The number of halogens is 2. The molecular weight excluding hydrogens is 432 g/mol. The SMILES string of the molecule is Brc1ccccc1OCC1CCCCC1COc1ccccc1Br. The molecule has 1 aliphatic carbocycles. The highest BCUT2D eigenvalue weighted by Crippen LogP contribution is 2.33. The van der Waals surface area contributed by atoms with Gasteiger partial charge in [-0.2, -0.15) is 0 Å². The van der Waals surface area contributed by atoms with Crippen molar-refractivity contribution in [2.24, 2.45) is 11.8 Å². The van der Waals surface area contributed by atoms with E-state index in [1.54, 1.807) is 0 Å². The predicted octanol–water partition coefficient (Wildman–Crippen LogP) is 6.48. The van der Waals surface area contributed by atoms with Crippen molar-refractivity contribution in [2.75, 3.05) is 13.2 Å². The van der Waals surface area contributed by atoms with Crippen molar-refractivity contribution in [1.82, 2.24) is 0 Å². The van der Waals surface area contributed by atoms with E-state index in [0.717, 1.165) is 33.7 Å². The lowest BCUT2D eigenvalue weighted by Gasteiger charge is -2.31. The lowest BCUT2D eigenvalue weighted by Crippen LogP contribution is -2.29. The Labute approximate surface area is 160 Å². The van der Waals surface area contributed by atoms with Crippen LogP contribution in [-0.2, 0) is 0 Å². The van der Waals surface area contributed by atoms with Crippen molar-refractivity contribution >= 4 is 31.9 Å². The van der Waals surface area contributed by atoms with Gasteiger partial charge < -0.3 is 9.47 Å². The van der Waals surface area contributed by atoms with Gasteiger partial charge in [0, 0.05) is 0 Å². The van der Waals surface area contributed by atoms with E-state index in [4.69, 9.17) is 9.47 Å². The van der Waals surface area contributed by atoms with Crippen molar-refractivity contribution in [3.05, 3.63) is 57.5 Å². The van der Waals surface area contributed by atoms with E-state index < -0.39 is 0 Å². The number of rotatable bonds is 6. The lowest BCUT2D eigenvalue weighted by molar-refractivity contribution is 0.104. The zero-order valence-electron chi connectivity index (χ0n) is 13.6. The highest BCUT2D eigenvalue weighted by molar-refractivity contribution is 9.10. The lowest BCUT2D eigenvalue weighted by atomic mass is 9.80. The van der Waals surface area contributed by atoms with Crippen molar-refractivity contribution < 1.29 is 9.47 Å². The summed E-state index contributed by atoms with van der Waals surface area (Å²) < 4.78 is 14.2. The molecule has 3 rings (SSSR count). The molecular formula is C20H22Br2O2. The molecule has 0 amide bonds. The van der Waals surface area contributed by atoms with Gasteiger partial charge in [-0.1, -0.05) is 37.1 Å². The standard InChI is InChI=1S/C20H22Br2O2/c21-17-9-3-5-11-19(17)23-13-15-7-1-2-8-16(15)14-24-20-12-6-4-10-18(20)22/h3-6,9-12,15-16H,1-2,7-8,13-14H2. The Bertz CT molecular complexity index is 602. The third-order valence-electron chi connectivity index (χ3n) is 4.65. The van der Waals surface area contributed by atoms with Crippen LogP contribution in [0.5, 0.6) is 11.5 Å². The minimum atomic E-state index is 0.549. The molecule has 0 aromatic heterocycles. The summed E-state index contributed by atoms with van der Waals surface area (Å²) >= 11 is 7.10. The molecule has 1 saturated carbocycles. The van der Waals surface area contributed by atoms with Gasteiger partial charge in [-0.05, 0) is 80.8 Å². The first-order chi connectivity index (χ1) is 11.7. The number of benzene rings is 2. The van der Waals surface area contributed by atoms with Gasteiger partial charge in [0.15, 0.2) is 0 Å². The molecule has 1 aliphatic rings. The van der Waals surface area contributed by atoms with Crippen LogP contribution in [0.25, 0.3) is 0 Å². The van der Waals surface area contributed by atoms with Crippen LogP contribution in [0.1, 0.15) is 25.7 Å². The molecule has 0 heterocycles. The number of hydrogen-bond acceptors (Lipinski definition) is 2. The average molecular weight is 454 g/mol. The zero-order valence-corrected chi connectivity index (χ0v) is 16.8. The predicted molar refractivity (Wildman–Crippen MR) is 105 cm³/mol. The van der Waals surface area contributed by atoms with Gasteiger partial charge in [0.2, 0.25) is 0 Å². The number of hydrogen-bond donors (Lipinski definition) is 0. The summed E-state index contributed by atoms with van der Waals surface area (Å²) in [6, 6.07) is 16.1. The van der Waals surface area contributed by atoms with E-state index in [1.807, 2.05) is 48.5 Å². The maximum atomic E-state index is 6.07. The average Bonchev–Trinajstić information content (AvgIpc) is 2.61. The minimum Gasteiger partial charge on any atom is -0.492 e. The molecule has 0 saturated heterocycles. The summed E-state index contributed by atoms with van der Waals surface area (Å²) in [6.07, 6.45) is 5.01. The third-order valence-corrected chi connectivity index (χ3v) is 5.96. The smallest absolute Gasteiger partial charge is 0.133 e. The summed E-state index contributed by atoms with van der Waals surface area (Å²) in [5, 5.41) is 0. The van der Waals surface area contributed by atoms with Crippen molar-refractivity contribution in [1.29, 1.82) is 0 Å². The van der Waals surface area contributed by atoms with E-state index in [1.165, 1.54) is 25.7 Å². The largest absolute Gasteiger partial charge is 0.492 e. The van der Waals surface area contributed by atoms with E-state index in [-0.39, 0.29) is 0 Å². The minimum absolute atomic E-state index is 0.549. The Morgan fingerprint density at radius 3 is 1.54 bits per heavy atom. The maximum Gasteiger partial charge on any atom is 0.133 e. The summed E-state index contributed by atoms with van der Waals surface area (Å²) in [5.74, 6) is 2.95. The first-order valence-electron chi connectivity index (χ1n) is 8.48. The van der Waals surface area contributed by atoms with Crippen molar-refractivity contribution in [3.8, 4) is 11.5 Å². The highest BCUT2D eigenvalue weighted by atomic mass is 79.9. The van der Waals surface area contributed by atoms with Crippen LogP contribution >= 0.6 is 31.9 Å². The third kappa shape index (κ3) is 4.76. The molecule has 0 N–H and O–H groups in total. The Morgan fingerprint density at radius 2 is 1.12 bits per heavy atom. The summed E-state index contributed by atoms with van der Waals surface area (Å²) in [4.78, 5) is 0. The second-order valence-electron chi connectivity index (χ2n) is 6.29. The molecule has 4 heteroatoms. The number of para-hydroxylation sites is 2. The second-order valence-corrected chi connectivity index (χ2v) is 8.00. The first-order valence-corrected chi connectivity index (χ1v) is 10.1. The molecule has 0 aliphatic heterocycles.